The van der Waals surface area contributed by atoms with Gasteiger partial charge in [0.15, 0.2) is 0 Å². The molecule has 0 aliphatic rings. The van der Waals surface area contributed by atoms with E-state index in [9.17, 15) is 4.79 Å². The molecule has 0 aromatic heterocycles. The second kappa shape index (κ2) is 29.3. The highest BCUT2D eigenvalue weighted by atomic mass is 16.1. The molecule has 0 aromatic rings. The maximum Gasteiger partial charge on any atom is 0.130 e. The zero-order valence-corrected chi connectivity index (χ0v) is 13.1. The number of nitrogens with one attached hydrogen (secondary N) is 1. The van der Waals surface area contributed by atoms with Crippen LogP contribution in [0.1, 0.15) is 68.7 Å². The number of Topliss-reactive ketones (excluding diaryl/α,β-unsaturated/α-hetero) is 1. The summed E-state index contributed by atoms with van der Waals surface area (Å²) in [6.45, 7) is 20.1. The fraction of sp³-hybridized carbons (Fsp3) is 0.929. The van der Waals surface area contributed by atoms with E-state index in [1.807, 2.05) is 41.5 Å². The first kappa shape index (κ1) is 24.7. The van der Waals surface area contributed by atoms with Gasteiger partial charge in [-0.3, -0.25) is 0 Å². The van der Waals surface area contributed by atoms with Crippen LogP contribution in [-0.2, 0) is 4.79 Å². The Hall–Kier alpha value is -0.370. The Balaban J connectivity index is -0.0000000704. The predicted octanol–water partition coefficient (Wildman–Crippen LogP) is 4.29. The summed E-state index contributed by atoms with van der Waals surface area (Å²) in [5.41, 5.74) is 0. The SMILES string of the molecule is CC.CC.CC(=O)CC(C)C.CCNCC. The van der Waals surface area contributed by atoms with Gasteiger partial charge in [-0.15, -0.1) is 0 Å². The van der Waals surface area contributed by atoms with Gasteiger partial charge >= 0.3 is 0 Å². The minimum Gasteiger partial charge on any atom is -0.317 e. The highest BCUT2D eigenvalue weighted by Crippen LogP contribution is 1.97. The number of hydrogen-bond acceptors (Lipinski definition) is 2. The van der Waals surface area contributed by atoms with Crippen molar-refractivity contribution in [2.45, 2.75) is 68.7 Å². The van der Waals surface area contributed by atoms with Crippen LogP contribution in [0.4, 0.5) is 0 Å². The molecule has 0 aliphatic carbocycles. The molecule has 102 valence electrons. The Morgan fingerprint density at radius 3 is 1.31 bits per heavy atom. The van der Waals surface area contributed by atoms with Crippen molar-refractivity contribution in [3.05, 3.63) is 0 Å². The molecule has 0 aliphatic heterocycles. The first-order valence-electron chi connectivity index (χ1n) is 6.74. The van der Waals surface area contributed by atoms with Crippen molar-refractivity contribution >= 4 is 5.78 Å². The van der Waals surface area contributed by atoms with E-state index in [0.717, 1.165) is 19.5 Å². The van der Waals surface area contributed by atoms with Gasteiger partial charge in [0.05, 0.1) is 0 Å². The molecular formula is C14H35NO. The zero-order valence-electron chi connectivity index (χ0n) is 13.1. The lowest BCUT2D eigenvalue weighted by Crippen LogP contribution is -2.09. The van der Waals surface area contributed by atoms with Crippen LogP contribution in [0.25, 0.3) is 0 Å². The van der Waals surface area contributed by atoms with Crippen LogP contribution >= 0.6 is 0 Å². The summed E-state index contributed by atoms with van der Waals surface area (Å²) in [4.78, 5) is 10.3. The molecular weight excluding hydrogens is 198 g/mol. The minimum absolute atomic E-state index is 0.287. The smallest absolute Gasteiger partial charge is 0.130 e. The first-order chi connectivity index (χ1) is 7.54. The van der Waals surface area contributed by atoms with E-state index in [-0.39, 0.29) is 5.78 Å². The quantitative estimate of drug-likeness (QED) is 0.785. The summed E-state index contributed by atoms with van der Waals surface area (Å²) in [5, 5.41) is 3.11. The monoisotopic (exact) mass is 233 g/mol. The summed E-state index contributed by atoms with van der Waals surface area (Å²) >= 11 is 0. The molecule has 0 saturated carbocycles. The van der Waals surface area contributed by atoms with Gasteiger partial charge in [0.2, 0.25) is 0 Å². The third-order valence-corrected chi connectivity index (χ3v) is 1.20. The largest absolute Gasteiger partial charge is 0.317 e. The molecule has 0 heterocycles. The third kappa shape index (κ3) is 68.6. The first-order valence-corrected chi connectivity index (χ1v) is 6.74. The second-order valence-electron chi connectivity index (χ2n) is 3.26. The molecule has 2 nitrogen and oxygen atoms in total. The molecule has 0 bridgehead atoms. The molecule has 2 heteroatoms. The molecule has 0 unspecified atom stereocenters. The normalized spacial score (nSPS) is 7.62. The van der Waals surface area contributed by atoms with Crippen molar-refractivity contribution < 1.29 is 4.79 Å². The summed E-state index contributed by atoms with van der Waals surface area (Å²) in [6.07, 6.45) is 0.722. The summed E-state index contributed by atoms with van der Waals surface area (Å²) < 4.78 is 0. The van der Waals surface area contributed by atoms with E-state index in [1.54, 1.807) is 6.92 Å². The Bertz CT molecular complexity index is 98.9. The van der Waals surface area contributed by atoms with E-state index in [1.165, 1.54) is 0 Å². The molecule has 0 aromatic carbocycles. The van der Waals surface area contributed by atoms with Gasteiger partial charge in [0, 0.05) is 6.42 Å². The van der Waals surface area contributed by atoms with Crippen molar-refractivity contribution in [3.63, 3.8) is 0 Å². The van der Waals surface area contributed by atoms with Gasteiger partial charge < -0.3 is 10.1 Å². The number of carbonyl (C=O) groups excluding carboxylic acids is 1. The average molecular weight is 233 g/mol. The number of ketones is 1. The lowest BCUT2D eigenvalue weighted by Gasteiger charge is -1.95. The minimum atomic E-state index is 0.287. The van der Waals surface area contributed by atoms with E-state index >= 15 is 0 Å². The maximum absolute atomic E-state index is 10.3. The van der Waals surface area contributed by atoms with Crippen LogP contribution in [-0.4, -0.2) is 18.9 Å². The molecule has 16 heavy (non-hydrogen) atoms. The lowest BCUT2D eigenvalue weighted by atomic mass is 10.1. The van der Waals surface area contributed by atoms with Crippen LogP contribution in [0.3, 0.4) is 0 Å². The van der Waals surface area contributed by atoms with E-state index in [0.29, 0.717) is 5.92 Å². The van der Waals surface area contributed by atoms with Crippen molar-refractivity contribution in [1.29, 1.82) is 0 Å². The van der Waals surface area contributed by atoms with Gasteiger partial charge in [-0.05, 0) is 25.9 Å². The van der Waals surface area contributed by atoms with Crippen molar-refractivity contribution in [1.82, 2.24) is 5.32 Å². The number of carbonyl (C=O) groups is 1. The van der Waals surface area contributed by atoms with Gasteiger partial charge in [0.25, 0.3) is 0 Å². The molecule has 0 atom stereocenters. The molecule has 0 spiro atoms. The topological polar surface area (TPSA) is 29.1 Å². The number of rotatable bonds is 4. The van der Waals surface area contributed by atoms with Gasteiger partial charge in [-0.2, -0.15) is 0 Å². The van der Waals surface area contributed by atoms with Crippen LogP contribution < -0.4 is 5.32 Å². The summed E-state index contributed by atoms with van der Waals surface area (Å²) in [6, 6.07) is 0. The Labute approximate surface area is 104 Å². The molecule has 0 radical (unpaired) electrons. The fourth-order valence-corrected chi connectivity index (χ4v) is 0.825. The standard InChI is InChI=1S/C6H12O.C4H11N.2C2H6/c1-5(2)4-6(3)7;1-3-5-4-2;2*1-2/h5H,4H2,1-3H3;5H,3-4H2,1-2H3;2*1-2H3. The molecule has 1 N–H and O–H groups in total. The zero-order chi connectivity index (χ0) is 14.0. The van der Waals surface area contributed by atoms with Crippen LogP contribution in [0, 0.1) is 5.92 Å². The maximum atomic E-state index is 10.3. The summed E-state index contributed by atoms with van der Waals surface area (Å²) in [5.74, 6) is 0.813. The van der Waals surface area contributed by atoms with Gasteiger partial charge in [0.1, 0.15) is 5.78 Å². The van der Waals surface area contributed by atoms with Crippen molar-refractivity contribution in [2.24, 2.45) is 5.92 Å². The van der Waals surface area contributed by atoms with E-state index < -0.39 is 0 Å². The third-order valence-electron chi connectivity index (χ3n) is 1.20. The van der Waals surface area contributed by atoms with Crippen molar-refractivity contribution in [2.75, 3.05) is 13.1 Å². The highest BCUT2D eigenvalue weighted by molar-refractivity contribution is 5.75. The van der Waals surface area contributed by atoms with Gasteiger partial charge in [-0.1, -0.05) is 55.4 Å². The van der Waals surface area contributed by atoms with Crippen molar-refractivity contribution in [3.8, 4) is 0 Å². The number of hydrogen-bond donors (Lipinski definition) is 1. The molecule has 0 rings (SSSR count). The van der Waals surface area contributed by atoms with Crippen LogP contribution in [0.5, 0.6) is 0 Å². The lowest BCUT2D eigenvalue weighted by molar-refractivity contribution is -0.117. The molecule has 0 saturated heterocycles. The Kier molecular flexibility index (Phi) is 45.3. The van der Waals surface area contributed by atoms with Crippen LogP contribution in [0.15, 0.2) is 0 Å². The predicted molar refractivity (Wildman–Crippen MR) is 77.0 cm³/mol. The van der Waals surface area contributed by atoms with Gasteiger partial charge in [-0.25, -0.2) is 0 Å². The van der Waals surface area contributed by atoms with E-state index in [2.05, 4.69) is 19.2 Å². The molecule has 0 fully saturated rings. The molecule has 0 amide bonds. The fourth-order valence-electron chi connectivity index (χ4n) is 0.825. The second-order valence-corrected chi connectivity index (χ2v) is 3.26. The summed E-state index contributed by atoms with van der Waals surface area (Å²) in [7, 11) is 0. The van der Waals surface area contributed by atoms with E-state index in [4.69, 9.17) is 0 Å². The Morgan fingerprint density at radius 2 is 1.31 bits per heavy atom. The highest BCUT2D eigenvalue weighted by Gasteiger charge is 1.95. The van der Waals surface area contributed by atoms with Crippen LogP contribution in [0.2, 0.25) is 0 Å². The Morgan fingerprint density at radius 1 is 1.00 bits per heavy atom. The average Bonchev–Trinajstić information content (AvgIpc) is 2.24.